The Labute approximate surface area is 139 Å². The van der Waals surface area contributed by atoms with Gasteiger partial charge in [0, 0.05) is 25.0 Å². The van der Waals surface area contributed by atoms with Crippen LogP contribution in [-0.2, 0) is 16.1 Å². The van der Waals surface area contributed by atoms with Gasteiger partial charge in [-0.1, -0.05) is 51.1 Å². The highest BCUT2D eigenvalue weighted by molar-refractivity contribution is 5.87. The summed E-state index contributed by atoms with van der Waals surface area (Å²) >= 11 is 0. The third kappa shape index (κ3) is 7.28. The predicted octanol–water partition coefficient (Wildman–Crippen LogP) is 1.74. The zero-order chi connectivity index (χ0) is 17.5. The topological polar surface area (TPSA) is 52.6 Å². The fourth-order valence-electron chi connectivity index (χ4n) is 1.95. The molecule has 1 N–H and O–H groups in total. The first kappa shape index (κ1) is 19.2. The Balaban J connectivity index is 2.66. The lowest BCUT2D eigenvalue weighted by Gasteiger charge is -2.25. The second-order valence-corrected chi connectivity index (χ2v) is 7.04. The van der Waals surface area contributed by atoms with Crippen LogP contribution in [0.15, 0.2) is 30.3 Å². The minimum atomic E-state index is -0.492. The van der Waals surface area contributed by atoms with Crippen LogP contribution in [0.5, 0.6) is 0 Å². The van der Waals surface area contributed by atoms with Gasteiger partial charge in [-0.3, -0.25) is 9.59 Å². The number of carbonyl (C=O) groups is 2. The number of carbonyl (C=O) groups excluding carboxylic acids is 2. The molecule has 1 aromatic rings. The zero-order valence-electron chi connectivity index (χ0n) is 14.9. The number of nitrogens with zero attached hydrogens (tertiary/aromatic N) is 2. The lowest BCUT2D eigenvalue weighted by atomic mass is 9.96. The number of nitrogens with one attached hydrogen (secondary N) is 1. The largest absolute Gasteiger partial charge is 0.347 e. The minimum absolute atomic E-state index is 0.0381. The van der Waals surface area contributed by atoms with Crippen LogP contribution in [0.25, 0.3) is 0 Å². The van der Waals surface area contributed by atoms with E-state index in [1.165, 1.54) is 0 Å². The molecule has 0 aliphatic heterocycles. The highest BCUT2D eigenvalue weighted by Gasteiger charge is 2.22. The number of amides is 2. The normalized spacial score (nSPS) is 11.4. The molecule has 23 heavy (non-hydrogen) atoms. The molecule has 0 aliphatic carbocycles. The van der Waals surface area contributed by atoms with Gasteiger partial charge in [0.1, 0.15) is 0 Å². The van der Waals surface area contributed by atoms with Crippen molar-refractivity contribution in [2.24, 2.45) is 5.41 Å². The smallest absolute Gasteiger partial charge is 0.242 e. The van der Waals surface area contributed by atoms with Crippen molar-refractivity contribution in [2.75, 3.05) is 33.7 Å². The first-order valence-electron chi connectivity index (χ1n) is 7.95. The van der Waals surface area contributed by atoms with E-state index in [2.05, 4.69) is 5.32 Å². The molecule has 0 radical (unpaired) electrons. The Bertz CT molecular complexity index is 507. The molecular weight excluding hydrogens is 290 g/mol. The molecule has 2 amide bonds. The van der Waals surface area contributed by atoms with Gasteiger partial charge in [-0.2, -0.15) is 0 Å². The van der Waals surface area contributed by atoms with Crippen LogP contribution in [0.2, 0.25) is 0 Å². The molecule has 128 valence electrons. The lowest BCUT2D eigenvalue weighted by molar-refractivity contribution is -0.135. The van der Waals surface area contributed by atoms with E-state index in [0.29, 0.717) is 13.1 Å². The average molecular weight is 319 g/mol. The third-order valence-electron chi connectivity index (χ3n) is 3.47. The second kappa shape index (κ2) is 8.67. The third-order valence-corrected chi connectivity index (χ3v) is 3.47. The number of benzene rings is 1. The summed E-state index contributed by atoms with van der Waals surface area (Å²) in [6, 6.07) is 9.89. The maximum atomic E-state index is 12.5. The summed E-state index contributed by atoms with van der Waals surface area (Å²) in [6.07, 6.45) is 0. The quantitative estimate of drug-likeness (QED) is 0.833. The predicted molar refractivity (Wildman–Crippen MR) is 92.9 cm³/mol. The monoisotopic (exact) mass is 319 g/mol. The van der Waals surface area contributed by atoms with Crippen LogP contribution in [0.4, 0.5) is 0 Å². The SMILES string of the molecule is CN(C)CCN(Cc1ccccc1)C(=O)CNC(=O)C(C)(C)C. The van der Waals surface area contributed by atoms with Gasteiger partial charge in [0.15, 0.2) is 0 Å². The molecule has 0 saturated heterocycles. The van der Waals surface area contributed by atoms with Crippen LogP contribution < -0.4 is 5.32 Å². The van der Waals surface area contributed by atoms with Crippen molar-refractivity contribution in [1.29, 1.82) is 0 Å². The molecule has 5 nitrogen and oxygen atoms in total. The van der Waals surface area contributed by atoms with Gasteiger partial charge in [-0.25, -0.2) is 0 Å². The summed E-state index contributed by atoms with van der Waals surface area (Å²) in [4.78, 5) is 28.2. The van der Waals surface area contributed by atoms with Crippen LogP contribution in [0.3, 0.4) is 0 Å². The van der Waals surface area contributed by atoms with Crippen LogP contribution in [-0.4, -0.2) is 55.3 Å². The van der Waals surface area contributed by atoms with Crippen molar-refractivity contribution >= 4 is 11.8 Å². The van der Waals surface area contributed by atoms with E-state index in [-0.39, 0.29) is 18.4 Å². The number of rotatable bonds is 7. The molecule has 0 spiro atoms. The summed E-state index contributed by atoms with van der Waals surface area (Å²) in [5, 5.41) is 2.73. The van der Waals surface area contributed by atoms with Crippen molar-refractivity contribution in [2.45, 2.75) is 27.3 Å². The van der Waals surface area contributed by atoms with E-state index in [1.54, 1.807) is 4.90 Å². The van der Waals surface area contributed by atoms with Gasteiger partial charge >= 0.3 is 0 Å². The Morgan fingerprint density at radius 2 is 1.65 bits per heavy atom. The molecule has 0 atom stereocenters. The fraction of sp³-hybridized carbons (Fsp3) is 0.556. The van der Waals surface area contributed by atoms with Gasteiger partial charge in [0.2, 0.25) is 11.8 Å². The number of hydrogen-bond acceptors (Lipinski definition) is 3. The number of likely N-dealkylation sites (N-methyl/N-ethyl adjacent to an activating group) is 1. The van der Waals surface area contributed by atoms with Crippen LogP contribution in [0, 0.1) is 5.41 Å². The van der Waals surface area contributed by atoms with Crippen molar-refractivity contribution in [3.8, 4) is 0 Å². The van der Waals surface area contributed by atoms with Crippen molar-refractivity contribution in [1.82, 2.24) is 15.1 Å². The van der Waals surface area contributed by atoms with E-state index in [0.717, 1.165) is 12.1 Å². The van der Waals surface area contributed by atoms with Gasteiger partial charge in [-0.15, -0.1) is 0 Å². The maximum Gasteiger partial charge on any atom is 0.242 e. The Morgan fingerprint density at radius 1 is 1.04 bits per heavy atom. The molecule has 1 aromatic carbocycles. The molecule has 0 aliphatic rings. The molecule has 0 saturated carbocycles. The molecule has 0 heterocycles. The summed E-state index contributed by atoms with van der Waals surface area (Å²) < 4.78 is 0. The summed E-state index contributed by atoms with van der Waals surface area (Å²) in [7, 11) is 3.96. The summed E-state index contributed by atoms with van der Waals surface area (Å²) in [5.74, 6) is -0.175. The Kier molecular flexibility index (Phi) is 7.23. The maximum absolute atomic E-state index is 12.5. The summed E-state index contributed by atoms with van der Waals surface area (Å²) in [5.41, 5.74) is 0.593. The standard InChI is InChI=1S/C18H29N3O2/c1-18(2,3)17(23)19-13-16(22)21(12-11-20(4)5)14-15-9-7-6-8-10-15/h6-10H,11-14H2,1-5H3,(H,19,23). The summed E-state index contributed by atoms with van der Waals surface area (Å²) in [6.45, 7) is 7.51. The zero-order valence-corrected chi connectivity index (χ0v) is 14.9. The minimum Gasteiger partial charge on any atom is -0.347 e. The van der Waals surface area contributed by atoms with Crippen LogP contribution in [0.1, 0.15) is 26.3 Å². The van der Waals surface area contributed by atoms with E-state index < -0.39 is 5.41 Å². The highest BCUT2D eigenvalue weighted by atomic mass is 16.2. The second-order valence-electron chi connectivity index (χ2n) is 7.04. The van der Waals surface area contributed by atoms with Gasteiger partial charge in [-0.05, 0) is 19.7 Å². The molecule has 0 bridgehead atoms. The van der Waals surface area contributed by atoms with Gasteiger partial charge in [0.25, 0.3) is 0 Å². The van der Waals surface area contributed by atoms with Crippen molar-refractivity contribution < 1.29 is 9.59 Å². The average Bonchev–Trinajstić information content (AvgIpc) is 2.48. The Hall–Kier alpha value is -1.88. The molecule has 1 rings (SSSR count). The van der Waals surface area contributed by atoms with E-state index in [9.17, 15) is 9.59 Å². The molecule has 0 fully saturated rings. The first-order valence-corrected chi connectivity index (χ1v) is 7.95. The van der Waals surface area contributed by atoms with Crippen LogP contribution >= 0.6 is 0 Å². The van der Waals surface area contributed by atoms with E-state index in [4.69, 9.17) is 0 Å². The molecule has 0 aromatic heterocycles. The van der Waals surface area contributed by atoms with Gasteiger partial charge in [0.05, 0.1) is 6.54 Å². The van der Waals surface area contributed by atoms with Gasteiger partial charge < -0.3 is 15.1 Å². The number of hydrogen-bond donors (Lipinski definition) is 1. The van der Waals surface area contributed by atoms with E-state index in [1.807, 2.05) is 70.1 Å². The van der Waals surface area contributed by atoms with Crippen molar-refractivity contribution in [3.05, 3.63) is 35.9 Å². The molecular formula is C18H29N3O2. The van der Waals surface area contributed by atoms with E-state index >= 15 is 0 Å². The highest BCUT2D eigenvalue weighted by Crippen LogP contribution is 2.12. The lowest BCUT2D eigenvalue weighted by Crippen LogP contribution is -2.44. The molecule has 0 unspecified atom stereocenters. The fourth-order valence-corrected chi connectivity index (χ4v) is 1.95. The first-order chi connectivity index (χ1) is 10.7. The molecule has 5 heteroatoms. The Morgan fingerprint density at radius 3 is 2.17 bits per heavy atom. The van der Waals surface area contributed by atoms with Crippen molar-refractivity contribution in [3.63, 3.8) is 0 Å².